The van der Waals surface area contributed by atoms with Gasteiger partial charge in [-0.15, -0.1) is 0 Å². The first-order valence-electron chi connectivity index (χ1n) is 6.15. The van der Waals surface area contributed by atoms with Crippen LogP contribution in [0.1, 0.15) is 21.7 Å². The van der Waals surface area contributed by atoms with E-state index in [1.165, 1.54) is 19.5 Å². The average Bonchev–Trinajstić information content (AvgIpc) is 2.45. The van der Waals surface area contributed by atoms with E-state index in [4.69, 9.17) is 16.3 Å². The van der Waals surface area contributed by atoms with Gasteiger partial charge in [0, 0.05) is 0 Å². The summed E-state index contributed by atoms with van der Waals surface area (Å²) >= 11 is 8.47. The summed E-state index contributed by atoms with van der Waals surface area (Å²) in [7, 11) is -1.85. The molecule has 1 unspecified atom stereocenters. The Morgan fingerprint density at radius 2 is 2.00 bits per heavy atom. The van der Waals surface area contributed by atoms with E-state index in [9.17, 15) is 8.42 Å². The van der Waals surface area contributed by atoms with Gasteiger partial charge >= 0.3 is 143 Å². The Labute approximate surface area is 142 Å². The molecule has 1 atom stereocenters. The van der Waals surface area contributed by atoms with Crippen LogP contribution in [-0.2, 0) is 9.84 Å². The molecule has 22 heavy (non-hydrogen) atoms. The molecule has 2 aromatic rings. The number of nitrogens with zero attached hydrogens (tertiary/aromatic N) is 3. The van der Waals surface area contributed by atoms with Crippen molar-refractivity contribution in [2.24, 2.45) is 0 Å². The molecule has 0 spiro atoms. The van der Waals surface area contributed by atoms with Crippen molar-refractivity contribution in [1.29, 1.82) is 0 Å². The van der Waals surface area contributed by atoms with E-state index in [0.29, 0.717) is 17.1 Å². The molecule has 2 heterocycles. The van der Waals surface area contributed by atoms with Gasteiger partial charge < -0.3 is 0 Å². The van der Waals surface area contributed by atoms with Crippen LogP contribution in [0.5, 0.6) is 5.75 Å². The fraction of sp³-hybridized carbons (Fsp3) is 0.308. The molecule has 0 N–H and O–H groups in total. The molecule has 2 aromatic heterocycles. The molecule has 0 saturated carbocycles. The van der Waals surface area contributed by atoms with Crippen LogP contribution in [0.3, 0.4) is 0 Å². The predicted molar refractivity (Wildman–Crippen MR) is 83.3 cm³/mol. The Hall–Kier alpha value is -1.17. The van der Waals surface area contributed by atoms with Crippen molar-refractivity contribution < 1.29 is 13.2 Å². The molecule has 9 heteroatoms. The molecule has 0 aliphatic rings. The summed E-state index contributed by atoms with van der Waals surface area (Å²) in [5.74, 6) is 0.390. The van der Waals surface area contributed by atoms with Gasteiger partial charge in [0.05, 0.1) is 0 Å². The first-order valence-corrected chi connectivity index (χ1v) is 9.51. The van der Waals surface area contributed by atoms with Crippen molar-refractivity contribution in [3.63, 3.8) is 0 Å². The van der Waals surface area contributed by atoms with Gasteiger partial charge in [-0.1, -0.05) is 0 Å². The fourth-order valence-corrected chi connectivity index (χ4v) is 3.73. The third-order valence-corrected chi connectivity index (χ3v) is 5.38. The van der Waals surface area contributed by atoms with E-state index in [2.05, 4.69) is 31.8 Å². The zero-order valence-corrected chi connectivity index (χ0v) is 15.6. The van der Waals surface area contributed by atoms with Gasteiger partial charge in [0.1, 0.15) is 0 Å². The monoisotopic (exact) mass is 401 g/mol. The van der Waals surface area contributed by atoms with E-state index >= 15 is 0 Å². The molecule has 116 valence electrons. The topological polar surface area (TPSA) is 82.0 Å². The first kappa shape index (κ1) is 17.2. The first-order chi connectivity index (χ1) is 10.3. The predicted octanol–water partition coefficient (Wildman–Crippen LogP) is 1.50. The Bertz CT molecular complexity index is 814. The number of methoxy groups -OCH3 is 1. The Balaban J connectivity index is 2.51. The number of pyridine rings is 1. The third-order valence-electron chi connectivity index (χ3n) is 3.03. The van der Waals surface area contributed by atoms with Crippen molar-refractivity contribution in [2.75, 3.05) is 13.4 Å². The Morgan fingerprint density at radius 1 is 1.32 bits per heavy atom. The van der Waals surface area contributed by atoms with E-state index in [1.54, 1.807) is 13.0 Å². The zero-order chi connectivity index (χ0) is 16.5. The van der Waals surface area contributed by atoms with Gasteiger partial charge in [0.25, 0.3) is 0 Å². The van der Waals surface area contributed by atoms with Gasteiger partial charge in [-0.05, 0) is 0 Å². The summed E-state index contributed by atoms with van der Waals surface area (Å²) in [5, 5.41) is 0.267. The molecule has 0 bridgehead atoms. The number of halogens is 1. The van der Waals surface area contributed by atoms with Crippen LogP contribution in [0.4, 0.5) is 0 Å². The van der Waals surface area contributed by atoms with Crippen LogP contribution in [0.15, 0.2) is 23.5 Å². The van der Waals surface area contributed by atoms with E-state index in [-0.39, 0.29) is 14.9 Å². The van der Waals surface area contributed by atoms with Crippen LogP contribution >= 0.6 is 11.6 Å². The molecule has 0 aliphatic heterocycles. The van der Waals surface area contributed by atoms with Gasteiger partial charge in [-0.25, -0.2) is 0 Å². The second-order valence-corrected chi connectivity index (χ2v) is 7.99. The molecule has 2 radical (unpaired) electrons. The SMILES string of the molecule is COc1c(Cl)ncnc1C([As])c1ccc(S(C)(=O)=O)nc1C. The van der Waals surface area contributed by atoms with Gasteiger partial charge in [-0.2, -0.15) is 0 Å². The number of hydrogen-bond acceptors (Lipinski definition) is 6. The summed E-state index contributed by atoms with van der Waals surface area (Å²) in [6, 6.07) is 3.20. The summed E-state index contributed by atoms with van der Waals surface area (Å²) in [6.07, 6.45) is 2.48. The summed E-state index contributed by atoms with van der Waals surface area (Å²) < 4.78 is 28.1. The number of ether oxygens (including phenoxy) is 1. The van der Waals surface area contributed by atoms with E-state index < -0.39 is 9.84 Å². The van der Waals surface area contributed by atoms with Crippen molar-refractivity contribution >= 4 is 38.3 Å². The summed E-state index contributed by atoms with van der Waals surface area (Å²) in [6.45, 7) is 1.75. The third kappa shape index (κ3) is 3.42. The second-order valence-electron chi connectivity index (χ2n) is 4.58. The van der Waals surface area contributed by atoms with Crippen molar-refractivity contribution in [2.45, 2.75) is 16.7 Å². The van der Waals surface area contributed by atoms with Crippen LogP contribution < -0.4 is 4.74 Å². The Morgan fingerprint density at radius 3 is 2.55 bits per heavy atom. The minimum absolute atomic E-state index is 0.0427. The fourth-order valence-electron chi connectivity index (χ4n) is 1.94. The van der Waals surface area contributed by atoms with Crippen LogP contribution in [0.2, 0.25) is 5.15 Å². The van der Waals surface area contributed by atoms with E-state index in [0.717, 1.165) is 11.8 Å². The number of hydrogen-bond donors (Lipinski definition) is 0. The molecular weight excluding hydrogens is 389 g/mol. The van der Waals surface area contributed by atoms with Gasteiger partial charge in [0.15, 0.2) is 0 Å². The minimum atomic E-state index is -3.34. The number of aryl methyl sites for hydroxylation is 1. The molecule has 6 nitrogen and oxygen atoms in total. The number of sulfone groups is 1. The maximum absolute atomic E-state index is 11.6. The quantitative estimate of drug-likeness (QED) is 0.570. The zero-order valence-electron chi connectivity index (χ0n) is 12.1. The molecule has 0 saturated heterocycles. The average molecular weight is 402 g/mol. The van der Waals surface area contributed by atoms with Crippen LogP contribution in [-0.4, -0.2) is 53.6 Å². The molecule has 0 fully saturated rings. The van der Waals surface area contributed by atoms with Crippen molar-refractivity contribution in [1.82, 2.24) is 15.0 Å². The number of aromatic nitrogens is 3. The molecular formula is C13H13AsClN3O3S. The van der Waals surface area contributed by atoms with Crippen molar-refractivity contribution in [3.05, 3.63) is 40.6 Å². The summed E-state index contributed by atoms with van der Waals surface area (Å²) in [4.78, 5) is 12.3. The van der Waals surface area contributed by atoms with E-state index in [1.807, 2.05) is 0 Å². The standard InChI is InChI=1S/C13H13AsClN3O3S/c1-7-8(4-5-9(18-7)22(3,19)20)10(14)11-12(21-2)13(15)17-6-16-11/h4-6,10H,1-3H3. The molecule has 0 aliphatic carbocycles. The maximum atomic E-state index is 11.6. The molecule has 0 amide bonds. The van der Waals surface area contributed by atoms with Crippen LogP contribution in [0, 0.1) is 6.92 Å². The van der Waals surface area contributed by atoms with Gasteiger partial charge in [0.2, 0.25) is 0 Å². The second kappa shape index (κ2) is 6.52. The molecule has 0 aromatic carbocycles. The Kier molecular flexibility index (Phi) is 5.10. The summed E-state index contributed by atoms with van der Waals surface area (Å²) in [5.41, 5.74) is 2.02. The molecule has 2 rings (SSSR count). The normalized spacial score (nSPS) is 13.0. The van der Waals surface area contributed by atoms with Gasteiger partial charge in [-0.3, -0.25) is 0 Å². The number of rotatable bonds is 4. The van der Waals surface area contributed by atoms with Crippen LogP contribution in [0.25, 0.3) is 0 Å². The van der Waals surface area contributed by atoms with Crippen molar-refractivity contribution in [3.8, 4) is 5.75 Å².